The molecule has 0 unspecified atom stereocenters. The fraction of sp³-hybridized carbons (Fsp3) is 0.333. The van der Waals surface area contributed by atoms with E-state index in [-0.39, 0.29) is 17.4 Å². The van der Waals surface area contributed by atoms with Gasteiger partial charge >= 0.3 is 0 Å². The normalized spacial score (nSPS) is 14.0. The molecule has 0 aliphatic heterocycles. The maximum absolute atomic E-state index is 12.0. The lowest BCUT2D eigenvalue weighted by Crippen LogP contribution is -2.17. The number of hydrogen-bond acceptors (Lipinski definition) is 4. The number of benzene rings is 1. The van der Waals surface area contributed by atoms with Gasteiger partial charge in [0.15, 0.2) is 5.75 Å². The van der Waals surface area contributed by atoms with Crippen molar-refractivity contribution in [2.75, 3.05) is 11.9 Å². The number of carbonyl (C=O) groups is 2. The topological polar surface area (TPSA) is 81.4 Å². The van der Waals surface area contributed by atoms with E-state index < -0.39 is 5.91 Å². The Morgan fingerprint density at radius 1 is 1.43 bits per heavy atom. The summed E-state index contributed by atoms with van der Waals surface area (Å²) in [6, 6.07) is 1.59. The number of fused-ring (bicyclic) bond motifs is 1. The van der Waals surface area contributed by atoms with Crippen LogP contribution in [0.25, 0.3) is 10.1 Å². The molecule has 1 aliphatic rings. The molecule has 3 N–H and O–H groups in total. The second-order valence-corrected chi connectivity index (χ2v) is 7.05. The highest BCUT2D eigenvalue weighted by atomic mass is 35.5. The second kappa shape index (κ2) is 6.19. The van der Waals surface area contributed by atoms with E-state index in [1.165, 1.54) is 11.3 Å². The molecule has 5 nitrogen and oxygen atoms in total. The van der Waals surface area contributed by atoms with Gasteiger partial charge in [0.05, 0.1) is 21.9 Å². The third kappa shape index (κ3) is 2.98. The molecule has 1 fully saturated rings. The van der Waals surface area contributed by atoms with Gasteiger partial charge in [0.2, 0.25) is 5.91 Å². The summed E-state index contributed by atoms with van der Waals surface area (Å²) in [5, 5.41) is 4.31. The molecule has 23 heavy (non-hydrogen) atoms. The Morgan fingerprint density at radius 2 is 2.13 bits per heavy atom. The Morgan fingerprint density at radius 3 is 2.70 bits per heavy atom. The molecule has 1 aliphatic carbocycles. The van der Waals surface area contributed by atoms with Gasteiger partial charge in [-0.05, 0) is 25.8 Å². The number of rotatable bonds is 5. The molecule has 0 atom stereocenters. The maximum atomic E-state index is 12.0. The fourth-order valence-corrected chi connectivity index (χ4v) is 4.12. The number of hydrogen-bond donors (Lipinski definition) is 2. The van der Waals surface area contributed by atoms with Crippen LogP contribution in [0.4, 0.5) is 5.00 Å². The van der Waals surface area contributed by atoms with Crippen molar-refractivity contribution < 1.29 is 14.3 Å². The minimum absolute atomic E-state index is 0.0129. The van der Waals surface area contributed by atoms with E-state index in [0.717, 1.165) is 12.8 Å². The fourth-order valence-electron chi connectivity index (χ4n) is 2.31. The number of amides is 2. The molecule has 3 rings (SSSR count). The van der Waals surface area contributed by atoms with Crippen LogP contribution in [0.15, 0.2) is 6.07 Å². The third-order valence-electron chi connectivity index (χ3n) is 3.55. The van der Waals surface area contributed by atoms with Crippen LogP contribution in [-0.2, 0) is 4.79 Å². The highest BCUT2D eigenvalue weighted by Crippen LogP contribution is 2.47. The van der Waals surface area contributed by atoms with Crippen LogP contribution in [-0.4, -0.2) is 18.4 Å². The van der Waals surface area contributed by atoms with E-state index in [9.17, 15) is 9.59 Å². The van der Waals surface area contributed by atoms with Crippen molar-refractivity contribution in [3.63, 3.8) is 0 Å². The predicted octanol–water partition coefficient (Wildman–Crippen LogP) is 4.05. The average molecular weight is 373 g/mol. The largest absolute Gasteiger partial charge is 0.491 e. The molecule has 122 valence electrons. The van der Waals surface area contributed by atoms with E-state index in [0.29, 0.717) is 37.5 Å². The van der Waals surface area contributed by atoms with Gasteiger partial charge in [-0.1, -0.05) is 23.2 Å². The molecule has 1 saturated carbocycles. The van der Waals surface area contributed by atoms with Gasteiger partial charge in [-0.3, -0.25) is 9.59 Å². The molecule has 8 heteroatoms. The Labute approximate surface area is 146 Å². The lowest BCUT2D eigenvalue weighted by molar-refractivity contribution is -0.117. The molecule has 0 radical (unpaired) electrons. The summed E-state index contributed by atoms with van der Waals surface area (Å²) in [5.74, 6) is -0.371. The number of thiophene rings is 1. The van der Waals surface area contributed by atoms with Crippen molar-refractivity contribution in [1.29, 1.82) is 0 Å². The number of carbonyl (C=O) groups excluding carboxylic acids is 2. The van der Waals surface area contributed by atoms with Crippen molar-refractivity contribution in [2.45, 2.75) is 19.8 Å². The molecule has 1 heterocycles. The first-order valence-electron chi connectivity index (χ1n) is 7.12. The summed E-state index contributed by atoms with van der Waals surface area (Å²) in [4.78, 5) is 23.9. The molecule has 0 saturated heterocycles. The van der Waals surface area contributed by atoms with Crippen molar-refractivity contribution in [3.05, 3.63) is 21.7 Å². The Kier molecular flexibility index (Phi) is 4.40. The first-order valence-corrected chi connectivity index (χ1v) is 8.69. The van der Waals surface area contributed by atoms with E-state index in [4.69, 9.17) is 33.7 Å². The van der Waals surface area contributed by atoms with Gasteiger partial charge in [-0.15, -0.1) is 11.3 Å². The van der Waals surface area contributed by atoms with Crippen molar-refractivity contribution >= 4 is 61.4 Å². The first-order chi connectivity index (χ1) is 10.9. The number of halogens is 2. The molecular formula is C15H14Cl2N2O3S. The number of primary amides is 1. The molecular weight excluding hydrogens is 359 g/mol. The molecule has 2 amide bonds. The SMILES string of the molecule is CCOc1c(Cl)cc2c(C(N)=O)c(NC(=O)C3CC3)sc2c1Cl. The van der Waals surface area contributed by atoms with Crippen molar-refractivity contribution in [3.8, 4) is 5.75 Å². The lowest BCUT2D eigenvalue weighted by Gasteiger charge is -2.08. The smallest absolute Gasteiger partial charge is 0.252 e. The van der Waals surface area contributed by atoms with Gasteiger partial charge in [-0.2, -0.15) is 0 Å². The van der Waals surface area contributed by atoms with Crippen LogP contribution in [0.3, 0.4) is 0 Å². The van der Waals surface area contributed by atoms with E-state index >= 15 is 0 Å². The molecule has 0 spiro atoms. The lowest BCUT2D eigenvalue weighted by atomic mass is 10.1. The number of nitrogens with one attached hydrogen (secondary N) is 1. The van der Waals surface area contributed by atoms with Crippen LogP contribution in [0.1, 0.15) is 30.1 Å². The highest BCUT2D eigenvalue weighted by Gasteiger charge is 2.31. The number of ether oxygens (including phenoxy) is 1. The van der Waals surface area contributed by atoms with E-state index in [1.54, 1.807) is 6.07 Å². The summed E-state index contributed by atoms with van der Waals surface area (Å²) in [6.45, 7) is 2.23. The summed E-state index contributed by atoms with van der Waals surface area (Å²) < 4.78 is 6.06. The average Bonchev–Trinajstić information content (AvgIpc) is 3.26. The van der Waals surface area contributed by atoms with Crippen molar-refractivity contribution in [1.82, 2.24) is 0 Å². The zero-order chi connectivity index (χ0) is 16.7. The summed E-state index contributed by atoms with van der Waals surface area (Å²) in [5.41, 5.74) is 5.72. The number of nitrogens with two attached hydrogens (primary N) is 1. The van der Waals surface area contributed by atoms with E-state index in [1.807, 2.05) is 6.92 Å². The summed E-state index contributed by atoms with van der Waals surface area (Å²) >= 11 is 13.8. The van der Waals surface area contributed by atoms with Gasteiger partial charge in [0, 0.05) is 11.3 Å². The molecule has 1 aromatic carbocycles. The molecule has 1 aromatic heterocycles. The predicted molar refractivity (Wildman–Crippen MR) is 92.9 cm³/mol. The zero-order valence-electron chi connectivity index (χ0n) is 12.2. The van der Waals surface area contributed by atoms with Crippen LogP contribution >= 0.6 is 34.5 Å². The Bertz CT molecular complexity index is 815. The van der Waals surface area contributed by atoms with E-state index in [2.05, 4.69) is 5.32 Å². The van der Waals surface area contributed by atoms with Gasteiger partial charge < -0.3 is 15.8 Å². The first kappa shape index (κ1) is 16.4. The van der Waals surface area contributed by atoms with Gasteiger partial charge in [-0.25, -0.2) is 0 Å². The maximum Gasteiger partial charge on any atom is 0.252 e. The zero-order valence-corrected chi connectivity index (χ0v) is 14.6. The van der Waals surface area contributed by atoms with Crippen LogP contribution < -0.4 is 15.8 Å². The third-order valence-corrected chi connectivity index (χ3v) is 5.44. The van der Waals surface area contributed by atoms with Crippen LogP contribution in [0.2, 0.25) is 10.0 Å². The highest BCUT2D eigenvalue weighted by molar-refractivity contribution is 7.24. The van der Waals surface area contributed by atoms with Crippen molar-refractivity contribution in [2.24, 2.45) is 11.7 Å². The Balaban J connectivity index is 2.16. The van der Waals surface area contributed by atoms with Crippen LogP contribution in [0, 0.1) is 5.92 Å². The number of anilines is 1. The summed E-state index contributed by atoms with van der Waals surface area (Å²) in [6.07, 6.45) is 1.73. The molecule has 2 aromatic rings. The molecule has 0 bridgehead atoms. The minimum atomic E-state index is -0.640. The monoisotopic (exact) mass is 372 g/mol. The summed E-state index contributed by atoms with van der Waals surface area (Å²) in [7, 11) is 0. The van der Waals surface area contributed by atoms with Gasteiger partial charge in [0.1, 0.15) is 10.0 Å². The Hall–Kier alpha value is -1.50. The minimum Gasteiger partial charge on any atom is -0.491 e. The second-order valence-electron chi connectivity index (χ2n) is 5.25. The van der Waals surface area contributed by atoms with Gasteiger partial charge in [0.25, 0.3) is 5.91 Å². The quantitative estimate of drug-likeness (QED) is 0.830. The van der Waals surface area contributed by atoms with Crippen LogP contribution in [0.5, 0.6) is 5.75 Å². The standard InChI is InChI=1S/C15H14Cl2N2O3S/c1-2-22-11-8(16)5-7-9(13(18)20)15(23-12(7)10(11)17)19-14(21)6-3-4-6/h5-6H,2-4H2,1H3,(H2,18,20)(H,19,21).